The molecule has 0 saturated carbocycles. The number of nitrogens with one attached hydrogen (secondary N) is 1. The summed E-state index contributed by atoms with van der Waals surface area (Å²) in [4.78, 5) is 14.3. The second-order valence-electron chi connectivity index (χ2n) is 5.58. The van der Waals surface area contributed by atoms with Gasteiger partial charge in [-0.2, -0.15) is 0 Å². The summed E-state index contributed by atoms with van der Waals surface area (Å²) >= 11 is 0. The van der Waals surface area contributed by atoms with E-state index in [1.54, 1.807) is 7.11 Å². The third kappa shape index (κ3) is 3.51. The lowest BCUT2D eigenvalue weighted by molar-refractivity contribution is 0.0764. The van der Waals surface area contributed by atoms with Crippen LogP contribution in [0.2, 0.25) is 0 Å². The fraction of sp³-hybridized carbons (Fsp3) is 0.562. The lowest BCUT2D eigenvalue weighted by atomic mass is 9.99. The molecule has 1 fully saturated rings. The van der Waals surface area contributed by atoms with Crippen LogP contribution in [0.4, 0.5) is 0 Å². The molecule has 0 aliphatic carbocycles. The van der Waals surface area contributed by atoms with Crippen molar-refractivity contribution < 1.29 is 9.53 Å². The van der Waals surface area contributed by atoms with E-state index >= 15 is 0 Å². The van der Waals surface area contributed by atoms with E-state index in [4.69, 9.17) is 4.74 Å². The molecule has 1 aromatic carbocycles. The van der Waals surface area contributed by atoms with Gasteiger partial charge in [0, 0.05) is 19.2 Å². The molecular formula is C16H24N2O2. The van der Waals surface area contributed by atoms with Crippen LogP contribution in [0.15, 0.2) is 18.2 Å². The molecule has 1 aliphatic heterocycles. The molecule has 1 heterocycles. The van der Waals surface area contributed by atoms with Gasteiger partial charge in [0.25, 0.3) is 5.91 Å². The van der Waals surface area contributed by atoms with Crippen LogP contribution in [-0.4, -0.2) is 44.6 Å². The maximum Gasteiger partial charge on any atom is 0.253 e. The minimum Gasteiger partial charge on any atom is -0.496 e. The predicted molar refractivity (Wildman–Crippen MR) is 80.3 cm³/mol. The molecule has 4 nitrogen and oxygen atoms in total. The van der Waals surface area contributed by atoms with E-state index in [2.05, 4.69) is 5.32 Å². The number of nitrogens with zero attached hydrogens (tertiary/aromatic N) is 1. The van der Waals surface area contributed by atoms with Crippen LogP contribution in [0.3, 0.4) is 0 Å². The van der Waals surface area contributed by atoms with Crippen molar-refractivity contribution >= 4 is 5.91 Å². The highest BCUT2D eigenvalue weighted by Crippen LogP contribution is 2.20. The van der Waals surface area contributed by atoms with E-state index in [-0.39, 0.29) is 5.91 Å². The summed E-state index contributed by atoms with van der Waals surface area (Å²) in [5.41, 5.74) is 1.74. The van der Waals surface area contributed by atoms with Gasteiger partial charge in [-0.15, -0.1) is 0 Å². The van der Waals surface area contributed by atoms with Crippen LogP contribution in [0.1, 0.15) is 28.8 Å². The Balaban J connectivity index is 2.02. The molecule has 1 aliphatic rings. The Bertz CT molecular complexity index is 468. The smallest absolute Gasteiger partial charge is 0.253 e. The molecule has 0 aromatic heterocycles. The molecule has 1 atom stereocenters. The van der Waals surface area contributed by atoms with Gasteiger partial charge in [0.2, 0.25) is 0 Å². The summed E-state index contributed by atoms with van der Waals surface area (Å²) in [5, 5.41) is 3.39. The highest BCUT2D eigenvalue weighted by atomic mass is 16.5. The molecule has 0 spiro atoms. The van der Waals surface area contributed by atoms with E-state index in [9.17, 15) is 4.79 Å². The second kappa shape index (κ2) is 6.75. The van der Waals surface area contributed by atoms with Crippen molar-refractivity contribution in [3.8, 4) is 5.75 Å². The molecule has 0 radical (unpaired) electrons. The molecule has 0 bridgehead atoms. The fourth-order valence-electron chi connectivity index (χ4n) is 2.72. The Hall–Kier alpha value is -1.55. The number of carbonyl (C=O) groups is 1. The predicted octanol–water partition coefficient (Wildman–Crippen LogP) is 2.08. The summed E-state index contributed by atoms with van der Waals surface area (Å²) in [5.74, 6) is 1.39. The van der Waals surface area contributed by atoms with Crippen molar-refractivity contribution in [3.05, 3.63) is 29.3 Å². The van der Waals surface area contributed by atoms with Crippen molar-refractivity contribution in [2.24, 2.45) is 5.92 Å². The molecule has 1 unspecified atom stereocenters. The maximum atomic E-state index is 12.4. The molecule has 2 rings (SSSR count). The number of methoxy groups -OCH3 is 1. The van der Waals surface area contributed by atoms with Crippen LogP contribution in [0.5, 0.6) is 5.75 Å². The lowest BCUT2D eigenvalue weighted by Gasteiger charge is -2.27. The van der Waals surface area contributed by atoms with Crippen LogP contribution in [-0.2, 0) is 0 Å². The van der Waals surface area contributed by atoms with E-state index in [0.29, 0.717) is 11.5 Å². The van der Waals surface area contributed by atoms with Gasteiger partial charge in [-0.05, 0) is 56.5 Å². The average Bonchev–Trinajstić information content (AvgIpc) is 2.48. The van der Waals surface area contributed by atoms with E-state index in [1.165, 1.54) is 12.8 Å². The molecule has 20 heavy (non-hydrogen) atoms. The van der Waals surface area contributed by atoms with Crippen molar-refractivity contribution in [2.75, 3.05) is 33.8 Å². The Morgan fingerprint density at radius 2 is 2.30 bits per heavy atom. The van der Waals surface area contributed by atoms with Crippen LogP contribution < -0.4 is 10.1 Å². The molecular weight excluding hydrogens is 252 g/mol. The largest absolute Gasteiger partial charge is 0.496 e. The summed E-state index contributed by atoms with van der Waals surface area (Å²) < 4.78 is 5.28. The Morgan fingerprint density at radius 1 is 1.50 bits per heavy atom. The summed E-state index contributed by atoms with van der Waals surface area (Å²) in [6.07, 6.45) is 2.40. The van der Waals surface area contributed by atoms with Gasteiger partial charge in [-0.3, -0.25) is 4.79 Å². The average molecular weight is 276 g/mol. The van der Waals surface area contributed by atoms with Gasteiger partial charge in [-0.1, -0.05) is 6.07 Å². The molecule has 1 aromatic rings. The number of hydrogen-bond donors (Lipinski definition) is 1. The van der Waals surface area contributed by atoms with Crippen LogP contribution >= 0.6 is 0 Å². The first kappa shape index (κ1) is 14.9. The van der Waals surface area contributed by atoms with Crippen molar-refractivity contribution in [2.45, 2.75) is 19.8 Å². The SMILES string of the molecule is COc1cc(C(=O)N(C)CC2CCCNC2)ccc1C. The van der Waals surface area contributed by atoms with E-state index < -0.39 is 0 Å². The summed E-state index contributed by atoms with van der Waals surface area (Å²) in [6.45, 7) is 4.89. The number of piperidine rings is 1. The van der Waals surface area contributed by atoms with E-state index in [0.717, 1.165) is 30.9 Å². The fourth-order valence-corrected chi connectivity index (χ4v) is 2.72. The molecule has 1 amide bonds. The van der Waals surface area contributed by atoms with Crippen LogP contribution in [0, 0.1) is 12.8 Å². The summed E-state index contributed by atoms with van der Waals surface area (Å²) in [7, 11) is 3.51. The topological polar surface area (TPSA) is 41.6 Å². The zero-order chi connectivity index (χ0) is 14.5. The standard InChI is InChI=1S/C16H24N2O2/c1-12-6-7-14(9-15(12)20-3)16(19)18(2)11-13-5-4-8-17-10-13/h6-7,9,13,17H,4-5,8,10-11H2,1-3H3. The van der Waals surface area contributed by atoms with E-state index in [1.807, 2.05) is 37.1 Å². The number of aryl methyl sites for hydroxylation is 1. The van der Waals surface area contributed by atoms with Gasteiger partial charge in [-0.25, -0.2) is 0 Å². The first-order valence-corrected chi connectivity index (χ1v) is 7.22. The third-order valence-corrected chi connectivity index (χ3v) is 3.93. The number of benzene rings is 1. The van der Waals surface area contributed by atoms with Crippen LogP contribution in [0.25, 0.3) is 0 Å². The van der Waals surface area contributed by atoms with Gasteiger partial charge in [0.05, 0.1) is 7.11 Å². The molecule has 1 saturated heterocycles. The van der Waals surface area contributed by atoms with Crippen molar-refractivity contribution in [3.63, 3.8) is 0 Å². The zero-order valence-corrected chi connectivity index (χ0v) is 12.6. The third-order valence-electron chi connectivity index (χ3n) is 3.93. The normalized spacial score (nSPS) is 18.6. The number of hydrogen-bond acceptors (Lipinski definition) is 3. The minimum absolute atomic E-state index is 0.0638. The highest BCUT2D eigenvalue weighted by molar-refractivity contribution is 5.94. The van der Waals surface area contributed by atoms with Gasteiger partial charge in [0.15, 0.2) is 0 Å². The quantitative estimate of drug-likeness (QED) is 0.915. The van der Waals surface area contributed by atoms with Crippen molar-refractivity contribution in [1.82, 2.24) is 10.2 Å². The number of amides is 1. The summed E-state index contributed by atoms with van der Waals surface area (Å²) in [6, 6.07) is 5.63. The minimum atomic E-state index is 0.0638. The Morgan fingerprint density at radius 3 is 2.95 bits per heavy atom. The van der Waals surface area contributed by atoms with Gasteiger partial charge < -0.3 is 15.0 Å². The first-order valence-electron chi connectivity index (χ1n) is 7.22. The zero-order valence-electron chi connectivity index (χ0n) is 12.6. The lowest BCUT2D eigenvalue weighted by Crippen LogP contribution is -2.39. The molecule has 110 valence electrons. The molecule has 1 N–H and O–H groups in total. The van der Waals surface area contributed by atoms with Crippen molar-refractivity contribution in [1.29, 1.82) is 0 Å². The number of rotatable bonds is 4. The second-order valence-corrected chi connectivity index (χ2v) is 5.58. The molecule has 4 heteroatoms. The highest BCUT2D eigenvalue weighted by Gasteiger charge is 2.19. The van der Waals surface area contributed by atoms with Gasteiger partial charge >= 0.3 is 0 Å². The first-order chi connectivity index (χ1) is 9.61. The number of ether oxygens (including phenoxy) is 1. The number of carbonyl (C=O) groups excluding carboxylic acids is 1. The monoisotopic (exact) mass is 276 g/mol. The Kier molecular flexibility index (Phi) is 5.01. The Labute approximate surface area is 121 Å². The van der Waals surface area contributed by atoms with Gasteiger partial charge in [0.1, 0.15) is 5.75 Å². The maximum absolute atomic E-state index is 12.4.